The Labute approximate surface area is 82.9 Å². The number of esters is 1. The lowest BCUT2D eigenvalue weighted by molar-refractivity contribution is 0.0587. The lowest BCUT2D eigenvalue weighted by Gasteiger charge is -2.07. The summed E-state index contributed by atoms with van der Waals surface area (Å²) in [4.78, 5) is 14.1. The van der Waals surface area contributed by atoms with E-state index >= 15 is 0 Å². The summed E-state index contributed by atoms with van der Waals surface area (Å²) in [5.41, 5.74) is 2.82. The Morgan fingerprint density at radius 2 is 2.20 bits per heavy atom. The summed E-state index contributed by atoms with van der Waals surface area (Å²) in [6.07, 6.45) is -2.30. The van der Waals surface area contributed by atoms with Crippen LogP contribution in [0, 0.1) is 5.82 Å². The normalized spacial score (nSPS) is 10.5. The fourth-order valence-corrected chi connectivity index (χ4v) is 0.927. The third kappa shape index (κ3) is 2.00. The van der Waals surface area contributed by atoms with Gasteiger partial charge in [-0.2, -0.15) is 0 Å². The van der Waals surface area contributed by atoms with Crippen molar-refractivity contribution >= 4 is 11.7 Å². The second-order valence-corrected chi connectivity index (χ2v) is 2.58. The van der Waals surface area contributed by atoms with Gasteiger partial charge >= 0.3 is 5.97 Å². The molecule has 1 heterocycles. The van der Waals surface area contributed by atoms with Gasteiger partial charge in [0.25, 0.3) is 6.43 Å². The minimum atomic E-state index is -2.95. The van der Waals surface area contributed by atoms with Crippen LogP contribution < -0.4 is 5.73 Å². The molecule has 0 saturated carbocycles. The van der Waals surface area contributed by atoms with E-state index in [0.29, 0.717) is 6.20 Å². The predicted octanol–water partition coefficient (Wildman–Crippen LogP) is 1.53. The van der Waals surface area contributed by atoms with Crippen LogP contribution in [0.5, 0.6) is 0 Å². The highest BCUT2D eigenvalue weighted by molar-refractivity contribution is 5.88. The van der Waals surface area contributed by atoms with Crippen molar-refractivity contribution < 1.29 is 22.7 Å². The summed E-state index contributed by atoms with van der Waals surface area (Å²) in [5, 5.41) is 0. The van der Waals surface area contributed by atoms with Gasteiger partial charge in [-0.05, 0) is 0 Å². The van der Waals surface area contributed by atoms with Gasteiger partial charge in [0, 0.05) is 6.20 Å². The number of anilines is 1. The summed E-state index contributed by atoms with van der Waals surface area (Å²) >= 11 is 0. The number of alkyl halides is 2. The Balaban J connectivity index is 3.27. The standard InChI is InChI=1S/C8H7F3N2O2/c1-15-8(14)6-4(9)5(12)3(2-13-6)7(10)11/h2,7H,1H3,(H2,12,13). The first-order valence-electron chi connectivity index (χ1n) is 3.79. The fraction of sp³-hybridized carbons (Fsp3) is 0.250. The molecule has 2 N–H and O–H groups in total. The van der Waals surface area contributed by atoms with Crippen molar-refractivity contribution in [2.45, 2.75) is 6.43 Å². The van der Waals surface area contributed by atoms with E-state index in [0.717, 1.165) is 7.11 Å². The maximum Gasteiger partial charge on any atom is 0.359 e. The number of methoxy groups -OCH3 is 1. The van der Waals surface area contributed by atoms with Crippen LogP contribution in [-0.4, -0.2) is 18.1 Å². The average Bonchev–Trinajstić information content (AvgIpc) is 2.20. The molecule has 15 heavy (non-hydrogen) atoms. The first-order valence-corrected chi connectivity index (χ1v) is 3.79. The number of hydrogen-bond donors (Lipinski definition) is 1. The van der Waals surface area contributed by atoms with E-state index in [2.05, 4.69) is 9.72 Å². The van der Waals surface area contributed by atoms with Crippen LogP contribution >= 0.6 is 0 Å². The number of nitrogen functional groups attached to an aromatic ring is 1. The van der Waals surface area contributed by atoms with Crippen LogP contribution in [-0.2, 0) is 4.74 Å². The molecular formula is C8H7F3N2O2. The zero-order valence-corrected chi connectivity index (χ0v) is 7.63. The van der Waals surface area contributed by atoms with Crippen LogP contribution in [0.4, 0.5) is 18.9 Å². The highest BCUT2D eigenvalue weighted by Gasteiger charge is 2.22. The van der Waals surface area contributed by atoms with Gasteiger partial charge in [-0.1, -0.05) is 0 Å². The van der Waals surface area contributed by atoms with E-state index in [1.165, 1.54) is 0 Å². The van der Waals surface area contributed by atoms with E-state index in [1.54, 1.807) is 0 Å². The molecule has 0 aliphatic rings. The maximum atomic E-state index is 13.2. The van der Waals surface area contributed by atoms with Crippen LogP contribution in [0.25, 0.3) is 0 Å². The Morgan fingerprint density at radius 1 is 1.60 bits per heavy atom. The van der Waals surface area contributed by atoms with Crippen molar-refractivity contribution in [2.75, 3.05) is 12.8 Å². The van der Waals surface area contributed by atoms with E-state index in [9.17, 15) is 18.0 Å². The Morgan fingerprint density at radius 3 is 2.67 bits per heavy atom. The molecule has 0 radical (unpaired) electrons. The van der Waals surface area contributed by atoms with Gasteiger partial charge in [-0.15, -0.1) is 0 Å². The lowest BCUT2D eigenvalue weighted by atomic mass is 10.2. The molecular weight excluding hydrogens is 213 g/mol. The number of aromatic nitrogens is 1. The molecule has 82 valence electrons. The highest BCUT2D eigenvalue weighted by Crippen LogP contribution is 2.27. The van der Waals surface area contributed by atoms with Crippen molar-refractivity contribution in [3.63, 3.8) is 0 Å². The summed E-state index contributed by atoms with van der Waals surface area (Å²) in [6, 6.07) is 0. The largest absolute Gasteiger partial charge is 0.464 e. The number of carbonyl (C=O) groups is 1. The highest BCUT2D eigenvalue weighted by atomic mass is 19.3. The Bertz CT molecular complexity index is 396. The summed E-state index contributed by atoms with van der Waals surface area (Å²) < 4.78 is 41.9. The Kier molecular flexibility index (Phi) is 3.13. The van der Waals surface area contributed by atoms with Crippen molar-refractivity contribution in [3.05, 3.63) is 23.3 Å². The fourth-order valence-electron chi connectivity index (χ4n) is 0.927. The van der Waals surface area contributed by atoms with E-state index < -0.39 is 35.2 Å². The number of ether oxygens (including phenoxy) is 1. The number of nitrogens with zero attached hydrogens (tertiary/aromatic N) is 1. The Hall–Kier alpha value is -1.79. The van der Waals surface area contributed by atoms with Crippen molar-refractivity contribution in [2.24, 2.45) is 0 Å². The third-order valence-corrected chi connectivity index (χ3v) is 1.70. The van der Waals surface area contributed by atoms with Gasteiger partial charge in [0.2, 0.25) is 0 Å². The number of carbonyl (C=O) groups excluding carboxylic acids is 1. The molecule has 4 nitrogen and oxygen atoms in total. The number of pyridine rings is 1. The average molecular weight is 220 g/mol. The summed E-state index contributed by atoms with van der Waals surface area (Å²) in [5.74, 6) is -2.36. The SMILES string of the molecule is COC(=O)c1ncc(C(F)F)c(N)c1F. The molecule has 0 bridgehead atoms. The molecule has 1 rings (SSSR count). The molecule has 0 atom stereocenters. The molecule has 0 spiro atoms. The number of hydrogen-bond acceptors (Lipinski definition) is 4. The molecule has 0 aliphatic heterocycles. The minimum Gasteiger partial charge on any atom is -0.464 e. The minimum absolute atomic E-state index is 0.648. The number of nitrogens with two attached hydrogens (primary N) is 1. The van der Waals surface area contributed by atoms with Crippen molar-refractivity contribution in [1.82, 2.24) is 4.98 Å². The molecule has 1 aromatic heterocycles. The smallest absolute Gasteiger partial charge is 0.359 e. The third-order valence-electron chi connectivity index (χ3n) is 1.70. The second kappa shape index (κ2) is 4.16. The summed E-state index contributed by atoms with van der Waals surface area (Å²) in [7, 11) is 1.01. The molecule has 7 heteroatoms. The monoisotopic (exact) mass is 220 g/mol. The van der Waals surface area contributed by atoms with E-state index in [1.807, 2.05) is 0 Å². The van der Waals surface area contributed by atoms with Crippen molar-refractivity contribution in [1.29, 1.82) is 0 Å². The first kappa shape index (κ1) is 11.3. The van der Waals surface area contributed by atoms with Gasteiger partial charge < -0.3 is 10.5 Å². The van der Waals surface area contributed by atoms with Crippen LogP contribution in [0.2, 0.25) is 0 Å². The quantitative estimate of drug-likeness (QED) is 0.767. The zero-order chi connectivity index (χ0) is 11.6. The molecule has 0 aliphatic carbocycles. The van der Waals surface area contributed by atoms with Gasteiger partial charge in [0.1, 0.15) is 0 Å². The number of rotatable bonds is 2. The second-order valence-electron chi connectivity index (χ2n) is 2.58. The van der Waals surface area contributed by atoms with Gasteiger partial charge in [0.15, 0.2) is 11.5 Å². The predicted molar refractivity (Wildman–Crippen MR) is 44.9 cm³/mol. The maximum absolute atomic E-state index is 13.2. The first-order chi connectivity index (χ1) is 6.99. The summed E-state index contributed by atoms with van der Waals surface area (Å²) in [6.45, 7) is 0. The topological polar surface area (TPSA) is 65.2 Å². The molecule has 0 saturated heterocycles. The molecule has 1 aromatic rings. The van der Waals surface area contributed by atoms with Crippen molar-refractivity contribution in [3.8, 4) is 0 Å². The van der Waals surface area contributed by atoms with E-state index in [-0.39, 0.29) is 0 Å². The van der Waals surface area contributed by atoms with Gasteiger partial charge in [-0.3, -0.25) is 0 Å². The van der Waals surface area contributed by atoms with Gasteiger partial charge in [0.05, 0.1) is 18.4 Å². The molecule has 0 fully saturated rings. The van der Waals surface area contributed by atoms with Gasteiger partial charge in [-0.25, -0.2) is 22.9 Å². The van der Waals surface area contributed by atoms with E-state index in [4.69, 9.17) is 5.73 Å². The molecule has 0 amide bonds. The zero-order valence-electron chi connectivity index (χ0n) is 7.63. The molecule has 0 aromatic carbocycles. The molecule has 0 unspecified atom stereocenters. The van der Waals surface area contributed by atoms with Crippen LogP contribution in [0.1, 0.15) is 22.5 Å². The van der Waals surface area contributed by atoms with Crippen LogP contribution in [0.3, 0.4) is 0 Å². The lowest BCUT2D eigenvalue weighted by Crippen LogP contribution is -2.11. The van der Waals surface area contributed by atoms with Crippen LogP contribution in [0.15, 0.2) is 6.20 Å². The number of halogens is 3.